The van der Waals surface area contributed by atoms with E-state index < -0.39 is 11.9 Å². The number of aryl methyl sites for hydroxylation is 1. The van der Waals surface area contributed by atoms with Gasteiger partial charge in [-0.05, 0) is 73.4 Å². The fourth-order valence-electron chi connectivity index (χ4n) is 4.23. The van der Waals surface area contributed by atoms with Crippen molar-refractivity contribution >= 4 is 45.1 Å². The molecule has 1 amide bonds. The molecular weight excluding hydrogens is 524 g/mol. The summed E-state index contributed by atoms with van der Waals surface area (Å²) in [5.74, 6) is -0.0760. The number of thiophene rings is 1. The number of amides is 1. The summed E-state index contributed by atoms with van der Waals surface area (Å²) in [4.78, 5) is 26.4. The molecule has 0 unspecified atom stereocenters. The Kier molecular flexibility index (Phi) is 9.20. The SMILES string of the molecule is CCOC(=O)c1c(NC(=O)/C(C#N)=C/c2ccc(OCc3cccc4ccccc34)c(OCC)c2)sc(C)c1C. The van der Waals surface area contributed by atoms with E-state index in [-0.39, 0.29) is 12.2 Å². The predicted octanol–water partition coefficient (Wildman–Crippen LogP) is 7.22. The van der Waals surface area contributed by atoms with Gasteiger partial charge in [0.2, 0.25) is 0 Å². The van der Waals surface area contributed by atoms with Crippen LogP contribution in [0.4, 0.5) is 5.00 Å². The Morgan fingerprint density at radius 3 is 2.50 bits per heavy atom. The number of carbonyl (C=O) groups excluding carboxylic acids is 2. The molecule has 0 atom stereocenters. The van der Waals surface area contributed by atoms with Crippen LogP contribution in [-0.4, -0.2) is 25.1 Å². The van der Waals surface area contributed by atoms with Crippen LogP contribution in [0.1, 0.15) is 45.8 Å². The van der Waals surface area contributed by atoms with Gasteiger partial charge in [-0.15, -0.1) is 11.3 Å². The molecule has 4 aromatic rings. The third-order valence-corrected chi connectivity index (χ3v) is 7.42. The zero-order chi connectivity index (χ0) is 28.6. The maximum atomic E-state index is 13.0. The molecule has 0 saturated carbocycles. The Morgan fingerprint density at radius 2 is 1.75 bits per heavy atom. The molecule has 7 nitrogen and oxygen atoms in total. The lowest BCUT2D eigenvalue weighted by Crippen LogP contribution is -2.16. The topological polar surface area (TPSA) is 97.7 Å². The summed E-state index contributed by atoms with van der Waals surface area (Å²) in [7, 11) is 0. The van der Waals surface area contributed by atoms with E-state index in [2.05, 4.69) is 23.5 Å². The molecule has 1 heterocycles. The summed E-state index contributed by atoms with van der Waals surface area (Å²) in [6.07, 6.45) is 1.48. The Hall–Kier alpha value is -4.61. The number of rotatable bonds is 10. The average molecular weight is 555 g/mol. The van der Waals surface area contributed by atoms with Crippen molar-refractivity contribution in [2.24, 2.45) is 0 Å². The van der Waals surface area contributed by atoms with Gasteiger partial charge in [-0.2, -0.15) is 5.26 Å². The third-order valence-electron chi connectivity index (χ3n) is 6.30. The normalized spacial score (nSPS) is 11.1. The highest BCUT2D eigenvalue weighted by molar-refractivity contribution is 7.16. The van der Waals surface area contributed by atoms with Gasteiger partial charge in [0.15, 0.2) is 11.5 Å². The monoisotopic (exact) mass is 554 g/mol. The lowest BCUT2D eigenvalue weighted by atomic mass is 10.1. The molecule has 8 heteroatoms. The number of esters is 1. The number of carbonyl (C=O) groups is 2. The first kappa shape index (κ1) is 28.4. The Balaban J connectivity index is 1.56. The quantitative estimate of drug-likeness (QED) is 0.126. The molecule has 0 aliphatic rings. The minimum atomic E-state index is -0.622. The molecule has 1 N–H and O–H groups in total. The van der Waals surface area contributed by atoms with E-state index in [1.165, 1.54) is 17.4 Å². The summed E-state index contributed by atoms with van der Waals surface area (Å²) in [6, 6.07) is 21.4. The Labute approximate surface area is 237 Å². The first-order valence-corrected chi connectivity index (χ1v) is 13.7. The van der Waals surface area contributed by atoms with Gasteiger partial charge in [-0.25, -0.2) is 4.79 Å². The van der Waals surface area contributed by atoms with Gasteiger partial charge in [-0.1, -0.05) is 48.5 Å². The second kappa shape index (κ2) is 13.0. The van der Waals surface area contributed by atoms with Crippen molar-refractivity contribution in [3.63, 3.8) is 0 Å². The van der Waals surface area contributed by atoms with Gasteiger partial charge < -0.3 is 19.5 Å². The second-order valence-corrected chi connectivity index (χ2v) is 10.1. The fraction of sp³-hybridized carbons (Fsp3) is 0.219. The van der Waals surface area contributed by atoms with E-state index in [9.17, 15) is 14.9 Å². The molecule has 0 aliphatic heterocycles. The molecule has 0 aliphatic carbocycles. The van der Waals surface area contributed by atoms with E-state index in [1.807, 2.05) is 44.2 Å². The maximum Gasteiger partial charge on any atom is 0.341 e. The number of anilines is 1. The largest absolute Gasteiger partial charge is 0.490 e. The summed E-state index contributed by atoms with van der Waals surface area (Å²) >= 11 is 1.27. The Morgan fingerprint density at radius 1 is 0.975 bits per heavy atom. The molecule has 204 valence electrons. The zero-order valence-corrected chi connectivity index (χ0v) is 23.7. The fourth-order valence-corrected chi connectivity index (χ4v) is 5.27. The van der Waals surface area contributed by atoms with Crippen molar-refractivity contribution in [1.82, 2.24) is 0 Å². The van der Waals surface area contributed by atoms with Crippen LogP contribution in [0.2, 0.25) is 0 Å². The van der Waals surface area contributed by atoms with E-state index in [4.69, 9.17) is 14.2 Å². The lowest BCUT2D eigenvalue weighted by Gasteiger charge is -2.14. The van der Waals surface area contributed by atoms with Crippen LogP contribution < -0.4 is 14.8 Å². The van der Waals surface area contributed by atoms with Gasteiger partial charge in [-0.3, -0.25) is 4.79 Å². The van der Waals surface area contributed by atoms with Gasteiger partial charge in [0, 0.05) is 4.88 Å². The molecule has 4 rings (SSSR count). The first-order valence-electron chi connectivity index (χ1n) is 12.9. The van der Waals surface area contributed by atoms with Crippen molar-refractivity contribution < 1.29 is 23.8 Å². The van der Waals surface area contributed by atoms with Gasteiger partial charge in [0.1, 0.15) is 23.3 Å². The second-order valence-electron chi connectivity index (χ2n) is 8.90. The summed E-state index contributed by atoms with van der Waals surface area (Å²) < 4.78 is 17.1. The van der Waals surface area contributed by atoms with Crippen LogP contribution in [0.25, 0.3) is 16.8 Å². The van der Waals surface area contributed by atoms with Crippen molar-refractivity contribution in [3.05, 3.63) is 93.4 Å². The molecule has 0 radical (unpaired) electrons. The van der Waals surface area contributed by atoms with Crippen molar-refractivity contribution in [2.45, 2.75) is 34.3 Å². The van der Waals surface area contributed by atoms with Crippen LogP contribution in [0.3, 0.4) is 0 Å². The van der Waals surface area contributed by atoms with E-state index in [0.717, 1.165) is 26.8 Å². The third kappa shape index (κ3) is 6.33. The number of ether oxygens (including phenoxy) is 3. The molecule has 0 spiro atoms. The lowest BCUT2D eigenvalue weighted by molar-refractivity contribution is -0.112. The van der Waals surface area contributed by atoms with Crippen LogP contribution in [0.5, 0.6) is 11.5 Å². The van der Waals surface area contributed by atoms with Crippen LogP contribution in [0, 0.1) is 25.2 Å². The van der Waals surface area contributed by atoms with Gasteiger partial charge in [0.05, 0.1) is 18.8 Å². The minimum absolute atomic E-state index is 0.120. The number of hydrogen-bond donors (Lipinski definition) is 1. The predicted molar refractivity (Wildman–Crippen MR) is 158 cm³/mol. The highest BCUT2D eigenvalue weighted by Crippen LogP contribution is 2.34. The van der Waals surface area contributed by atoms with Crippen molar-refractivity contribution in [1.29, 1.82) is 5.26 Å². The number of hydrogen-bond acceptors (Lipinski definition) is 7. The van der Waals surface area contributed by atoms with E-state index >= 15 is 0 Å². The van der Waals surface area contributed by atoms with Crippen LogP contribution in [-0.2, 0) is 16.1 Å². The maximum absolute atomic E-state index is 13.0. The van der Waals surface area contributed by atoms with Gasteiger partial charge >= 0.3 is 5.97 Å². The molecule has 3 aromatic carbocycles. The number of benzene rings is 3. The number of nitriles is 1. The standard InChI is InChI=1S/C32H30N2O5S/c1-5-37-28-17-22(14-15-27(28)39-19-24-12-9-11-23-10-7-8-13-26(23)24)16-25(18-33)30(35)34-31-29(32(36)38-6-2)20(3)21(4)40-31/h7-17H,5-6,19H2,1-4H3,(H,34,35)/b25-16+. The number of nitrogens with one attached hydrogen (secondary N) is 1. The minimum Gasteiger partial charge on any atom is -0.490 e. The summed E-state index contributed by atoms with van der Waals surface area (Å²) in [6.45, 7) is 8.23. The van der Waals surface area contributed by atoms with Gasteiger partial charge in [0.25, 0.3) is 5.91 Å². The summed E-state index contributed by atoms with van der Waals surface area (Å²) in [5, 5.41) is 15.1. The average Bonchev–Trinajstić information content (AvgIpc) is 3.23. The molecule has 0 saturated heterocycles. The smallest absolute Gasteiger partial charge is 0.341 e. The molecule has 1 aromatic heterocycles. The molecule has 0 bridgehead atoms. The van der Waals surface area contributed by atoms with Crippen LogP contribution >= 0.6 is 11.3 Å². The highest BCUT2D eigenvalue weighted by atomic mass is 32.1. The molecular formula is C32H30N2O5S. The van der Waals surface area contributed by atoms with Crippen molar-refractivity contribution in [2.75, 3.05) is 18.5 Å². The van der Waals surface area contributed by atoms with E-state index in [0.29, 0.717) is 40.8 Å². The highest BCUT2D eigenvalue weighted by Gasteiger charge is 2.23. The number of fused-ring (bicyclic) bond motifs is 1. The van der Waals surface area contributed by atoms with E-state index in [1.54, 1.807) is 32.0 Å². The molecule has 40 heavy (non-hydrogen) atoms. The number of nitrogens with zero attached hydrogens (tertiary/aromatic N) is 1. The zero-order valence-electron chi connectivity index (χ0n) is 22.9. The summed E-state index contributed by atoms with van der Waals surface area (Å²) in [5.41, 5.74) is 2.57. The molecule has 0 fully saturated rings. The first-order chi connectivity index (χ1) is 19.4. The van der Waals surface area contributed by atoms with Crippen molar-refractivity contribution in [3.8, 4) is 17.6 Å². The van der Waals surface area contributed by atoms with Crippen LogP contribution in [0.15, 0.2) is 66.2 Å². The Bertz CT molecular complexity index is 1630.